The summed E-state index contributed by atoms with van der Waals surface area (Å²) in [5, 5.41) is 10.3. The fourth-order valence-corrected chi connectivity index (χ4v) is 3.74. The van der Waals surface area contributed by atoms with E-state index in [4.69, 9.17) is 4.74 Å². The predicted molar refractivity (Wildman–Crippen MR) is 99.1 cm³/mol. The molecule has 6 heteroatoms. The molecule has 2 aromatic rings. The Morgan fingerprint density at radius 3 is 2.32 bits per heavy atom. The molecule has 0 aliphatic carbocycles. The lowest BCUT2D eigenvalue weighted by Gasteiger charge is -2.21. The van der Waals surface area contributed by atoms with Crippen LogP contribution >= 0.6 is 0 Å². The number of nitrogens with zero attached hydrogens (tertiary/aromatic N) is 1. The smallest absolute Gasteiger partial charge is 0.213 e. The average molecular weight is 363 g/mol. The first-order valence-electron chi connectivity index (χ1n) is 8.22. The van der Waals surface area contributed by atoms with E-state index in [1.54, 1.807) is 31.4 Å². The van der Waals surface area contributed by atoms with Crippen molar-refractivity contribution in [3.8, 4) is 5.75 Å². The highest BCUT2D eigenvalue weighted by Crippen LogP contribution is 2.19. The normalized spacial score (nSPS) is 13.0. The van der Waals surface area contributed by atoms with E-state index in [0.29, 0.717) is 17.7 Å². The van der Waals surface area contributed by atoms with Crippen LogP contribution in [0.5, 0.6) is 5.75 Å². The molecule has 0 spiro atoms. The Labute approximate surface area is 149 Å². The number of ether oxygens (including phenoxy) is 1. The number of hydrogen-bond donors (Lipinski definition) is 1. The van der Waals surface area contributed by atoms with Crippen molar-refractivity contribution in [2.24, 2.45) is 0 Å². The van der Waals surface area contributed by atoms with Crippen molar-refractivity contribution in [1.29, 1.82) is 0 Å². The standard InChI is InChI=1S/C19H25NO4S/c1-20(15-19(21)17-10-12-18(24-2)13-11-17)25(22,23)14-6-9-16-7-4-3-5-8-16/h3-5,7-8,10-13,19,21H,6,9,14-15H2,1-2H3. The fraction of sp³-hybridized carbons (Fsp3) is 0.368. The van der Waals surface area contributed by atoms with E-state index >= 15 is 0 Å². The second-order valence-corrected chi connectivity index (χ2v) is 8.17. The highest BCUT2D eigenvalue weighted by Gasteiger charge is 2.21. The first-order chi connectivity index (χ1) is 11.9. The largest absolute Gasteiger partial charge is 0.497 e. The SMILES string of the molecule is COc1ccc(C(O)CN(C)S(=O)(=O)CCCc2ccccc2)cc1. The summed E-state index contributed by atoms with van der Waals surface area (Å²) in [5.74, 6) is 0.756. The summed E-state index contributed by atoms with van der Waals surface area (Å²) in [7, 11) is -0.322. The van der Waals surface area contributed by atoms with Gasteiger partial charge in [0.15, 0.2) is 0 Å². The summed E-state index contributed by atoms with van der Waals surface area (Å²) in [5.41, 5.74) is 1.78. The number of aryl methyl sites for hydroxylation is 1. The van der Waals surface area contributed by atoms with Gasteiger partial charge >= 0.3 is 0 Å². The summed E-state index contributed by atoms with van der Waals surface area (Å²) in [6.07, 6.45) is 0.393. The molecule has 25 heavy (non-hydrogen) atoms. The number of methoxy groups -OCH3 is 1. The Morgan fingerprint density at radius 1 is 1.08 bits per heavy atom. The van der Waals surface area contributed by atoms with E-state index < -0.39 is 16.1 Å². The molecule has 0 saturated heterocycles. The van der Waals surface area contributed by atoms with Crippen LogP contribution in [0.25, 0.3) is 0 Å². The number of benzene rings is 2. The van der Waals surface area contributed by atoms with Gasteiger partial charge in [-0.3, -0.25) is 0 Å². The fourth-order valence-electron chi connectivity index (χ4n) is 2.55. The van der Waals surface area contributed by atoms with Gasteiger partial charge in [-0.2, -0.15) is 0 Å². The van der Waals surface area contributed by atoms with Crippen molar-refractivity contribution < 1.29 is 18.3 Å². The minimum absolute atomic E-state index is 0.0278. The quantitative estimate of drug-likeness (QED) is 0.744. The molecular weight excluding hydrogens is 338 g/mol. The van der Waals surface area contributed by atoms with E-state index in [9.17, 15) is 13.5 Å². The summed E-state index contributed by atoms with van der Waals surface area (Å²) in [6.45, 7) is 0.0278. The Bertz CT molecular complexity index is 745. The number of likely N-dealkylation sites (N-methyl/N-ethyl adjacent to an activating group) is 1. The lowest BCUT2D eigenvalue weighted by Crippen LogP contribution is -2.33. The summed E-state index contributed by atoms with van der Waals surface area (Å²) >= 11 is 0. The molecule has 0 aliphatic heterocycles. The lowest BCUT2D eigenvalue weighted by atomic mass is 10.1. The first-order valence-corrected chi connectivity index (χ1v) is 9.83. The van der Waals surface area contributed by atoms with Crippen LogP contribution in [0.1, 0.15) is 23.7 Å². The second-order valence-electron chi connectivity index (χ2n) is 5.97. The molecule has 136 valence electrons. The summed E-state index contributed by atoms with van der Waals surface area (Å²) < 4.78 is 31.1. The van der Waals surface area contributed by atoms with E-state index in [0.717, 1.165) is 12.0 Å². The maximum atomic E-state index is 12.4. The highest BCUT2D eigenvalue weighted by atomic mass is 32.2. The van der Waals surface area contributed by atoms with Crippen LogP contribution in [0.15, 0.2) is 54.6 Å². The zero-order valence-corrected chi connectivity index (χ0v) is 15.4. The molecule has 0 bridgehead atoms. The first kappa shape index (κ1) is 19.4. The van der Waals surface area contributed by atoms with Crippen molar-refractivity contribution >= 4 is 10.0 Å². The average Bonchev–Trinajstić information content (AvgIpc) is 2.62. The van der Waals surface area contributed by atoms with Crippen molar-refractivity contribution in [1.82, 2.24) is 4.31 Å². The van der Waals surface area contributed by atoms with Crippen molar-refractivity contribution in [3.05, 3.63) is 65.7 Å². The van der Waals surface area contributed by atoms with Gasteiger partial charge in [-0.1, -0.05) is 42.5 Å². The molecule has 0 saturated carbocycles. The molecule has 1 atom stereocenters. The van der Waals surface area contributed by atoms with Crippen LogP contribution in [0.4, 0.5) is 0 Å². The molecule has 0 aliphatic rings. The molecule has 1 N–H and O–H groups in total. The van der Waals surface area contributed by atoms with Crippen molar-refractivity contribution in [3.63, 3.8) is 0 Å². The number of sulfonamides is 1. The molecule has 5 nitrogen and oxygen atoms in total. The third-order valence-electron chi connectivity index (χ3n) is 4.12. The predicted octanol–water partition coefficient (Wildman–Crippen LogP) is 2.62. The number of rotatable bonds is 9. The van der Waals surface area contributed by atoms with Crippen molar-refractivity contribution in [2.45, 2.75) is 18.9 Å². The molecule has 0 fully saturated rings. The van der Waals surface area contributed by atoms with Crippen LogP contribution in [0.3, 0.4) is 0 Å². The van der Waals surface area contributed by atoms with Crippen molar-refractivity contribution in [2.75, 3.05) is 26.5 Å². The van der Waals surface area contributed by atoms with E-state index in [2.05, 4.69) is 0 Å². The Balaban J connectivity index is 1.87. The number of hydrogen-bond acceptors (Lipinski definition) is 4. The minimum atomic E-state index is -3.40. The molecule has 0 aromatic heterocycles. The van der Waals surface area contributed by atoms with E-state index in [-0.39, 0.29) is 12.3 Å². The maximum absolute atomic E-state index is 12.4. The van der Waals surface area contributed by atoms with E-state index in [1.807, 2.05) is 30.3 Å². The highest BCUT2D eigenvalue weighted by molar-refractivity contribution is 7.89. The Kier molecular flexibility index (Phi) is 6.99. The third-order valence-corrected chi connectivity index (χ3v) is 6.02. The molecule has 2 rings (SSSR count). The molecule has 1 unspecified atom stereocenters. The summed E-state index contributed by atoms with van der Waals surface area (Å²) in [6, 6.07) is 16.8. The lowest BCUT2D eigenvalue weighted by molar-refractivity contribution is 0.155. The second kappa shape index (κ2) is 8.99. The van der Waals surface area contributed by atoms with Gasteiger partial charge in [0.1, 0.15) is 5.75 Å². The Morgan fingerprint density at radius 2 is 1.72 bits per heavy atom. The molecule has 2 aromatic carbocycles. The van der Waals surface area contributed by atoms with Gasteiger partial charge in [-0.05, 0) is 36.1 Å². The summed E-state index contributed by atoms with van der Waals surface area (Å²) in [4.78, 5) is 0. The van der Waals surface area contributed by atoms with E-state index in [1.165, 1.54) is 11.4 Å². The molecule has 0 amide bonds. The third kappa shape index (κ3) is 5.85. The van der Waals surface area contributed by atoms with Gasteiger partial charge in [-0.25, -0.2) is 12.7 Å². The van der Waals surface area contributed by atoms with Crippen LogP contribution in [-0.2, 0) is 16.4 Å². The van der Waals surface area contributed by atoms with Gasteiger partial charge < -0.3 is 9.84 Å². The zero-order chi connectivity index (χ0) is 18.3. The van der Waals surface area contributed by atoms with Gasteiger partial charge in [0.25, 0.3) is 0 Å². The van der Waals surface area contributed by atoms with Crippen LogP contribution in [0, 0.1) is 0 Å². The topological polar surface area (TPSA) is 66.8 Å². The molecule has 0 radical (unpaired) electrons. The van der Waals surface area contributed by atoms with Gasteiger partial charge in [0.2, 0.25) is 10.0 Å². The minimum Gasteiger partial charge on any atom is -0.497 e. The van der Waals surface area contributed by atoms with Crippen LogP contribution in [-0.4, -0.2) is 44.3 Å². The molecular formula is C19H25NO4S. The van der Waals surface area contributed by atoms with Crippen LogP contribution in [0.2, 0.25) is 0 Å². The zero-order valence-electron chi connectivity index (χ0n) is 14.6. The van der Waals surface area contributed by atoms with Gasteiger partial charge in [0.05, 0.1) is 19.0 Å². The maximum Gasteiger partial charge on any atom is 0.213 e. The van der Waals surface area contributed by atoms with Gasteiger partial charge in [-0.15, -0.1) is 0 Å². The van der Waals surface area contributed by atoms with Gasteiger partial charge in [0, 0.05) is 13.6 Å². The van der Waals surface area contributed by atoms with Crippen LogP contribution < -0.4 is 4.74 Å². The number of aliphatic hydroxyl groups excluding tert-OH is 1. The Hall–Kier alpha value is -1.89. The molecule has 0 heterocycles. The number of aliphatic hydroxyl groups is 1. The monoisotopic (exact) mass is 363 g/mol.